The van der Waals surface area contributed by atoms with Crippen molar-refractivity contribution in [1.29, 1.82) is 0 Å². The molecule has 4 heterocycles. The number of nitrogens with zero attached hydrogens (tertiary/aromatic N) is 3. The van der Waals surface area contributed by atoms with E-state index in [1.165, 1.54) is 25.5 Å². The molecule has 0 amide bonds. The molecule has 39 heavy (non-hydrogen) atoms. The van der Waals surface area contributed by atoms with Gasteiger partial charge in [-0.2, -0.15) is 0 Å². The minimum Gasteiger partial charge on any atom is -0.465 e. The van der Waals surface area contributed by atoms with Crippen molar-refractivity contribution in [2.75, 3.05) is 12.0 Å². The minimum absolute atomic E-state index is 0.314. The van der Waals surface area contributed by atoms with Crippen LogP contribution >= 0.6 is 34.5 Å². The monoisotopic (exact) mass is 581 g/mol. The lowest BCUT2D eigenvalue weighted by Gasteiger charge is -2.39. The predicted octanol–water partition coefficient (Wildman–Crippen LogP) is 8.30. The van der Waals surface area contributed by atoms with Crippen LogP contribution < -0.4 is 4.90 Å². The van der Waals surface area contributed by atoms with Gasteiger partial charge in [0, 0.05) is 29.1 Å². The standard InChI is InChI=1S/C30H29Cl2N3O3S/c1-37-29(36)18-8-12-24-25(15-18)39-30(33-24)35-19-9-10-20(35)14-16(13-19)5-11-21-27(34-38-28(21)17-6-7-17)26-22(31)3-2-4-23(26)32/h2-4,8,12,15-17,19-20H,5-7,9-11,13-14H2,1H3. The van der Waals surface area contributed by atoms with Crippen molar-refractivity contribution >= 4 is 55.9 Å². The summed E-state index contributed by atoms with van der Waals surface area (Å²) in [5.41, 5.74) is 4.30. The zero-order valence-corrected chi connectivity index (χ0v) is 24.0. The van der Waals surface area contributed by atoms with Gasteiger partial charge in [0.05, 0.1) is 32.9 Å². The highest BCUT2D eigenvalue weighted by atomic mass is 35.5. The van der Waals surface area contributed by atoms with Crippen molar-refractivity contribution in [3.8, 4) is 11.3 Å². The molecule has 9 heteroatoms. The average Bonchev–Trinajstić information content (AvgIpc) is 3.46. The normalized spacial score (nSPS) is 22.5. The number of thiazole rings is 1. The zero-order chi connectivity index (χ0) is 26.7. The Hall–Kier alpha value is -2.61. The Morgan fingerprint density at radius 2 is 1.85 bits per heavy atom. The molecule has 2 unspecified atom stereocenters. The van der Waals surface area contributed by atoms with E-state index in [1.807, 2.05) is 30.3 Å². The number of carbonyl (C=O) groups excluding carboxylic acids is 1. The van der Waals surface area contributed by atoms with Crippen molar-refractivity contribution < 1.29 is 14.1 Å². The van der Waals surface area contributed by atoms with Crippen LogP contribution in [0.4, 0.5) is 5.13 Å². The summed E-state index contributed by atoms with van der Waals surface area (Å²) in [6.07, 6.45) is 9.05. The van der Waals surface area contributed by atoms with E-state index in [2.05, 4.69) is 10.1 Å². The number of hydrogen-bond donors (Lipinski definition) is 0. The summed E-state index contributed by atoms with van der Waals surface area (Å²) in [5.74, 6) is 1.82. The maximum absolute atomic E-state index is 12.0. The Morgan fingerprint density at radius 1 is 1.10 bits per heavy atom. The number of anilines is 1. The van der Waals surface area contributed by atoms with Crippen molar-refractivity contribution in [2.45, 2.75) is 69.4 Å². The summed E-state index contributed by atoms with van der Waals surface area (Å²) in [6, 6.07) is 12.2. The van der Waals surface area contributed by atoms with Crippen LogP contribution in [0.1, 0.15) is 72.5 Å². The topological polar surface area (TPSA) is 68.5 Å². The minimum atomic E-state index is -0.314. The van der Waals surface area contributed by atoms with Gasteiger partial charge in [-0.15, -0.1) is 0 Å². The Bertz CT molecular complexity index is 1530. The maximum Gasteiger partial charge on any atom is 0.337 e. The second-order valence-corrected chi connectivity index (χ2v) is 12.9. The molecule has 3 aliphatic rings. The molecule has 2 atom stereocenters. The molecular weight excluding hydrogens is 553 g/mol. The smallest absolute Gasteiger partial charge is 0.337 e. The molecule has 2 aromatic carbocycles. The van der Waals surface area contributed by atoms with Gasteiger partial charge in [-0.25, -0.2) is 9.78 Å². The number of methoxy groups -OCH3 is 1. The van der Waals surface area contributed by atoms with Crippen LogP contribution in [0.25, 0.3) is 21.5 Å². The van der Waals surface area contributed by atoms with Crippen LogP contribution in [0.2, 0.25) is 10.0 Å². The first-order chi connectivity index (χ1) is 19.0. The summed E-state index contributed by atoms with van der Waals surface area (Å²) in [4.78, 5) is 19.5. The van der Waals surface area contributed by atoms with Gasteiger partial charge in [-0.3, -0.25) is 0 Å². The second kappa shape index (κ2) is 10.1. The molecule has 2 saturated heterocycles. The largest absolute Gasteiger partial charge is 0.465 e. The number of carbonyl (C=O) groups is 1. The van der Waals surface area contributed by atoms with Gasteiger partial charge in [0.25, 0.3) is 0 Å². The molecule has 1 saturated carbocycles. The summed E-state index contributed by atoms with van der Waals surface area (Å²) >= 11 is 14.8. The van der Waals surface area contributed by atoms with Gasteiger partial charge in [-0.05, 0) is 87.6 Å². The van der Waals surface area contributed by atoms with E-state index in [9.17, 15) is 4.79 Å². The van der Waals surface area contributed by atoms with Crippen LogP contribution in [0.5, 0.6) is 0 Å². The quantitative estimate of drug-likeness (QED) is 0.204. The van der Waals surface area contributed by atoms with Gasteiger partial charge < -0.3 is 14.2 Å². The number of esters is 1. The number of piperidine rings is 1. The lowest BCUT2D eigenvalue weighted by Crippen LogP contribution is -2.43. The number of fused-ring (bicyclic) bond motifs is 3. The number of benzene rings is 2. The van der Waals surface area contributed by atoms with Gasteiger partial charge in [0.1, 0.15) is 11.5 Å². The van der Waals surface area contributed by atoms with E-state index in [0.717, 1.165) is 70.9 Å². The maximum atomic E-state index is 12.0. The summed E-state index contributed by atoms with van der Waals surface area (Å²) in [6.45, 7) is 0. The summed E-state index contributed by atoms with van der Waals surface area (Å²) in [5, 5.41) is 6.78. The van der Waals surface area contributed by atoms with E-state index < -0.39 is 0 Å². The number of halogens is 2. The number of hydrogen-bond acceptors (Lipinski definition) is 7. The third-order valence-corrected chi connectivity index (χ3v) is 10.3. The first-order valence-corrected chi connectivity index (χ1v) is 15.3. The van der Waals surface area contributed by atoms with Crippen LogP contribution in [0.3, 0.4) is 0 Å². The highest BCUT2D eigenvalue weighted by molar-refractivity contribution is 7.22. The summed E-state index contributed by atoms with van der Waals surface area (Å²) < 4.78 is 11.8. The van der Waals surface area contributed by atoms with Crippen molar-refractivity contribution in [3.05, 3.63) is 63.3 Å². The fourth-order valence-corrected chi connectivity index (χ4v) is 8.33. The number of rotatable bonds is 7. The first-order valence-electron chi connectivity index (χ1n) is 13.7. The first kappa shape index (κ1) is 25.4. The Kier molecular flexibility index (Phi) is 6.57. The lowest BCUT2D eigenvalue weighted by atomic mass is 9.85. The fraction of sp³-hybridized carbons (Fsp3) is 0.433. The summed E-state index contributed by atoms with van der Waals surface area (Å²) in [7, 11) is 1.41. The number of aromatic nitrogens is 2. The predicted molar refractivity (Wildman–Crippen MR) is 155 cm³/mol. The molecule has 4 aromatic rings. The molecule has 2 aromatic heterocycles. The van der Waals surface area contributed by atoms with Crippen molar-refractivity contribution in [3.63, 3.8) is 0 Å². The van der Waals surface area contributed by atoms with Gasteiger partial charge in [0.2, 0.25) is 0 Å². The third kappa shape index (κ3) is 4.62. The molecule has 0 spiro atoms. The zero-order valence-electron chi connectivity index (χ0n) is 21.7. The molecule has 0 N–H and O–H groups in total. The van der Waals surface area contributed by atoms with E-state index in [0.29, 0.717) is 39.5 Å². The highest BCUT2D eigenvalue weighted by Gasteiger charge is 2.42. The SMILES string of the molecule is COC(=O)c1ccc2nc(N3C4CCC3CC(CCc3c(-c5c(Cl)cccc5Cl)noc3C3CC3)C4)sc2c1. The van der Waals surface area contributed by atoms with Gasteiger partial charge in [0.15, 0.2) is 5.13 Å². The van der Waals surface area contributed by atoms with E-state index in [4.69, 9.17) is 37.4 Å². The molecule has 1 aliphatic carbocycles. The van der Waals surface area contributed by atoms with Crippen LogP contribution in [0, 0.1) is 5.92 Å². The van der Waals surface area contributed by atoms with E-state index in [1.54, 1.807) is 17.4 Å². The lowest BCUT2D eigenvalue weighted by molar-refractivity contribution is 0.0601. The molecular formula is C30H29Cl2N3O3S. The van der Waals surface area contributed by atoms with Crippen LogP contribution in [-0.2, 0) is 11.2 Å². The van der Waals surface area contributed by atoms with Crippen LogP contribution in [0.15, 0.2) is 40.9 Å². The molecule has 2 aliphatic heterocycles. The average molecular weight is 583 g/mol. The molecule has 2 bridgehead atoms. The third-order valence-electron chi connectivity index (χ3n) is 8.62. The second-order valence-electron chi connectivity index (χ2n) is 11.1. The van der Waals surface area contributed by atoms with Gasteiger partial charge >= 0.3 is 5.97 Å². The van der Waals surface area contributed by atoms with E-state index in [-0.39, 0.29) is 5.97 Å². The van der Waals surface area contributed by atoms with Gasteiger partial charge in [-0.1, -0.05) is 45.8 Å². The van der Waals surface area contributed by atoms with Crippen molar-refractivity contribution in [1.82, 2.24) is 10.1 Å². The fourth-order valence-electron chi connectivity index (χ4n) is 6.60. The number of ether oxygens (including phenoxy) is 1. The molecule has 7 rings (SSSR count). The van der Waals surface area contributed by atoms with Crippen molar-refractivity contribution in [2.24, 2.45) is 5.92 Å². The molecule has 0 radical (unpaired) electrons. The van der Waals surface area contributed by atoms with Crippen LogP contribution in [-0.4, -0.2) is 35.3 Å². The molecule has 3 fully saturated rings. The Labute approximate surface area is 241 Å². The highest BCUT2D eigenvalue weighted by Crippen LogP contribution is 2.48. The Balaban J connectivity index is 1.09. The molecule has 202 valence electrons. The van der Waals surface area contributed by atoms with E-state index >= 15 is 0 Å². The Morgan fingerprint density at radius 3 is 2.54 bits per heavy atom. The molecule has 6 nitrogen and oxygen atoms in total.